The Kier molecular flexibility index (Phi) is 3.98. The third kappa shape index (κ3) is 2.83. The standard InChI is InChI=1S/C16H21N3/c1-10-7-13(4)15(18-9-10)16(19-17)14-6-5-11(2)12(3)8-14/h5-9,16,19H,17H2,1-4H3. The van der Waals surface area contributed by atoms with Gasteiger partial charge in [-0.05, 0) is 55.5 Å². The average Bonchev–Trinajstić information content (AvgIpc) is 2.37. The SMILES string of the molecule is Cc1cnc(C(NN)c2ccc(C)c(C)c2)c(C)c1. The Balaban J connectivity index is 2.46. The minimum absolute atomic E-state index is 0.0695. The second-order valence-electron chi connectivity index (χ2n) is 5.16. The molecule has 1 heterocycles. The summed E-state index contributed by atoms with van der Waals surface area (Å²) in [6, 6.07) is 8.46. The van der Waals surface area contributed by atoms with E-state index in [9.17, 15) is 0 Å². The van der Waals surface area contributed by atoms with Crippen molar-refractivity contribution in [1.82, 2.24) is 10.4 Å². The van der Waals surface area contributed by atoms with Crippen LogP contribution in [-0.4, -0.2) is 4.98 Å². The number of benzene rings is 1. The van der Waals surface area contributed by atoms with Crippen molar-refractivity contribution < 1.29 is 0 Å². The van der Waals surface area contributed by atoms with Gasteiger partial charge >= 0.3 is 0 Å². The van der Waals surface area contributed by atoms with Crippen molar-refractivity contribution in [3.63, 3.8) is 0 Å². The fourth-order valence-corrected chi connectivity index (χ4v) is 2.31. The molecule has 0 saturated carbocycles. The number of nitrogens with two attached hydrogens (primary N) is 1. The topological polar surface area (TPSA) is 50.9 Å². The van der Waals surface area contributed by atoms with Crippen LogP contribution in [0.4, 0.5) is 0 Å². The van der Waals surface area contributed by atoms with Gasteiger partial charge in [0.2, 0.25) is 0 Å². The number of nitrogens with zero attached hydrogens (tertiary/aromatic N) is 1. The molecule has 0 amide bonds. The van der Waals surface area contributed by atoms with E-state index < -0.39 is 0 Å². The molecule has 0 aliphatic rings. The molecule has 3 N–H and O–H groups in total. The van der Waals surface area contributed by atoms with E-state index in [4.69, 9.17) is 5.84 Å². The fraction of sp³-hybridized carbons (Fsp3) is 0.312. The van der Waals surface area contributed by atoms with Crippen molar-refractivity contribution in [2.45, 2.75) is 33.7 Å². The van der Waals surface area contributed by atoms with Crippen LogP contribution in [0.2, 0.25) is 0 Å². The predicted molar refractivity (Wildman–Crippen MR) is 78.8 cm³/mol. The number of hydrazine groups is 1. The summed E-state index contributed by atoms with van der Waals surface area (Å²) >= 11 is 0. The lowest BCUT2D eigenvalue weighted by molar-refractivity contribution is 0.616. The molecule has 2 aromatic rings. The Morgan fingerprint density at radius 1 is 1.00 bits per heavy atom. The van der Waals surface area contributed by atoms with Crippen LogP contribution in [0.3, 0.4) is 0 Å². The molecule has 19 heavy (non-hydrogen) atoms. The van der Waals surface area contributed by atoms with Crippen LogP contribution in [-0.2, 0) is 0 Å². The molecular formula is C16H21N3. The molecule has 3 nitrogen and oxygen atoms in total. The second-order valence-corrected chi connectivity index (χ2v) is 5.16. The molecule has 3 heteroatoms. The van der Waals surface area contributed by atoms with E-state index in [0.29, 0.717) is 0 Å². The van der Waals surface area contributed by atoms with Gasteiger partial charge in [-0.25, -0.2) is 5.43 Å². The first-order valence-corrected chi connectivity index (χ1v) is 6.49. The van der Waals surface area contributed by atoms with Gasteiger partial charge in [0.05, 0.1) is 11.7 Å². The Morgan fingerprint density at radius 3 is 2.32 bits per heavy atom. The van der Waals surface area contributed by atoms with Gasteiger partial charge in [0.1, 0.15) is 0 Å². The van der Waals surface area contributed by atoms with Crippen molar-refractivity contribution in [3.8, 4) is 0 Å². The summed E-state index contributed by atoms with van der Waals surface area (Å²) in [5.41, 5.74) is 9.87. The summed E-state index contributed by atoms with van der Waals surface area (Å²) in [6.07, 6.45) is 1.88. The second kappa shape index (κ2) is 5.51. The first-order valence-electron chi connectivity index (χ1n) is 6.49. The number of hydrogen-bond acceptors (Lipinski definition) is 3. The maximum Gasteiger partial charge on any atom is 0.0884 e. The van der Waals surface area contributed by atoms with Gasteiger partial charge in [-0.2, -0.15) is 0 Å². The van der Waals surface area contributed by atoms with Gasteiger partial charge in [-0.3, -0.25) is 10.8 Å². The zero-order chi connectivity index (χ0) is 14.0. The number of aryl methyl sites for hydroxylation is 4. The van der Waals surface area contributed by atoms with Gasteiger partial charge in [-0.1, -0.05) is 24.3 Å². The lowest BCUT2D eigenvalue weighted by Gasteiger charge is -2.19. The highest BCUT2D eigenvalue weighted by atomic mass is 15.2. The lowest BCUT2D eigenvalue weighted by atomic mass is 9.96. The van der Waals surface area contributed by atoms with E-state index in [1.165, 1.54) is 11.1 Å². The van der Waals surface area contributed by atoms with Crippen LogP contribution in [0.25, 0.3) is 0 Å². The Morgan fingerprint density at radius 2 is 1.74 bits per heavy atom. The number of hydrogen-bond donors (Lipinski definition) is 2. The molecule has 1 aromatic heterocycles. The van der Waals surface area contributed by atoms with E-state index in [-0.39, 0.29) is 6.04 Å². The van der Waals surface area contributed by atoms with Crippen LogP contribution in [0.15, 0.2) is 30.5 Å². The largest absolute Gasteiger partial charge is 0.271 e. The minimum Gasteiger partial charge on any atom is -0.271 e. The van der Waals surface area contributed by atoms with Gasteiger partial charge in [0.25, 0.3) is 0 Å². The molecule has 2 rings (SSSR count). The molecule has 1 atom stereocenters. The monoisotopic (exact) mass is 255 g/mol. The summed E-state index contributed by atoms with van der Waals surface area (Å²) in [7, 11) is 0. The fourth-order valence-electron chi connectivity index (χ4n) is 2.31. The minimum atomic E-state index is -0.0695. The third-order valence-electron chi connectivity index (χ3n) is 3.56. The van der Waals surface area contributed by atoms with Crippen LogP contribution in [0.1, 0.15) is 39.6 Å². The van der Waals surface area contributed by atoms with Crippen molar-refractivity contribution in [2.75, 3.05) is 0 Å². The molecule has 0 saturated heterocycles. The Bertz CT molecular complexity index is 591. The molecule has 0 aliphatic heterocycles. The van der Waals surface area contributed by atoms with E-state index in [1.807, 2.05) is 13.1 Å². The van der Waals surface area contributed by atoms with Crippen molar-refractivity contribution >= 4 is 0 Å². The third-order valence-corrected chi connectivity index (χ3v) is 3.56. The lowest BCUT2D eigenvalue weighted by Crippen LogP contribution is -2.30. The molecule has 1 unspecified atom stereocenters. The van der Waals surface area contributed by atoms with Gasteiger partial charge in [-0.15, -0.1) is 0 Å². The smallest absolute Gasteiger partial charge is 0.0884 e. The van der Waals surface area contributed by atoms with Crippen molar-refractivity contribution in [1.29, 1.82) is 0 Å². The summed E-state index contributed by atoms with van der Waals surface area (Å²) in [5.74, 6) is 5.74. The normalized spacial score (nSPS) is 12.5. The Hall–Kier alpha value is -1.71. The van der Waals surface area contributed by atoms with E-state index in [0.717, 1.165) is 22.4 Å². The van der Waals surface area contributed by atoms with Crippen LogP contribution < -0.4 is 11.3 Å². The number of rotatable bonds is 3. The zero-order valence-corrected chi connectivity index (χ0v) is 12.0. The van der Waals surface area contributed by atoms with Crippen LogP contribution >= 0.6 is 0 Å². The molecule has 100 valence electrons. The maximum absolute atomic E-state index is 5.74. The van der Waals surface area contributed by atoms with E-state index in [1.54, 1.807) is 0 Å². The highest BCUT2D eigenvalue weighted by molar-refractivity contribution is 5.37. The van der Waals surface area contributed by atoms with Crippen molar-refractivity contribution in [3.05, 3.63) is 64.0 Å². The van der Waals surface area contributed by atoms with E-state index >= 15 is 0 Å². The maximum atomic E-state index is 5.74. The van der Waals surface area contributed by atoms with Gasteiger partial charge < -0.3 is 0 Å². The van der Waals surface area contributed by atoms with Crippen LogP contribution in [0.5, 0.6) is 0 Å². The number of nitrogens with one attached hydrogen (secondary N) is 1. The predicted octanol–water partition coefficient (Wildman–Crippen LogP) is 2.87. The zero-order valence-electron chi connectivity index (χ0n) is 12.0. The number of pyridine rings is 1. The molecule has 0 bridgehead atoms. The van der Waals surface area contributed by atoms with Crippen LogP contribution in [0, 0.1) is 27.7 Å². The van der Waals surface area contributed by atoms with Gasteiger partial charge in [0, 0.05) is 6.20 Å². The summed E-state index contributed by atoms with van der Waals surface area (Å²) < 4.78 is 0. The van der Waals surface area contributed by atoms with Crippen molar-refractivity contribution in [2.24, 2.45) is 5.84 Å². The first-order chi connectivity index (χ1) is 9.02. The molecular weight excluding hydrogens is 234 g/mol. The first kappa shape index (κ1) is 13.7. The molecule has 0 aliphatic carbocycles. The van der Waals surface area contributed by atoms with E-state index in [2.05, 4.69) is 55.4 Å². The quantitative estimate of drug-likeness (QED) is 0.655. The summed E-state index contributed by atoms with van der Waals surface area (Å²) in [5, 5.41) is 0. The molecule has 0 radical (unpaired) electrons. The Labute approximate surface area is 114 Å². The summed E-state index contributed by atoms with van der Waals surface area (Å²) in [4.78, 5) is 4.53. The molecule has 0 spiro atoms. The van der Waals surface area contributed by atoms with Gasteiger partial charge in [0.15, 0.2) is 0 Å². The summed E-state index contributed by atoms with van der Waals surface area (Å²) in [6.45, 7) is 8.34. The molecule has 0 fully saturated rings. The highest BCUT2D eigenvalue weighted by Crippen LogP contribution is 2.24. The molecule has 1 aromatic carbocycles. The average molecular weight is 255 g/mol. The number of aromatic nitrogens is 1. The highest BCUT2D eigenvalue weighted by Gasteiger charge is 2.16.